The van der Waals surface area contributed by atoms with Crippen molar-refractivity contribution in [2.45, 2.75) is 6.92 Å². The minimum atomic E-state index is 0.545. The third-order valence-electron chi connectivity index (χ3n) is 2.33. The van der Waals surface area contributed by atoms with Gasteiger partial charge in [-0.05, 0) is 12.5 Å². The molecule has 0 amide bonds. The monoisotopic (exact) mass is 212 g/mol. The normalized spacial score (nSPS) is 9.75. The Labute approximate surface area is 94.3 Å². The molecule has 0 aliphatic heterocycles. The lowest BCUT2D eigenvalue weighted by atomic mass is 10.1. The van der Waals surface area contributed by atoms with Crippen molar-refractivity contribution >= 4 is 0 Å². The average molecular weight is 212 g/mol. The number of rotatable bonds is 3. The summed E-state index contributed by atoms with van der Waals surface area (Å²) >= 11 is 0. The highest BCUT2D eigenvalue weighted by molar-refractivity contribution is 5.72. The predicted octanol–water partition coefficient (Wildman–Crippen LogP) is 2.95. The van der Waals surface area contributed by atoms with Crippen LogP contribution in [-0.2, 0) is 0 Å². The van der Waals surface area contributed by atoms with Crippen molar-refractivity contribution in [1.29, 1.82) is 5.26 Å². The molecule has 0 spiro atoms. The van der Waals surface area contributed by atoms with Crippen LogP contribution in [0.15, 0.2) is 36.5 Å². The summed E-state index contributed by atoms with van der Waals surface area (Å²) in [4.78, 5) is 2.98. The van der Waals surface area contributed by atoms with Crippen LogP contribution in [0.2, 0.25) is 0 Å². The largest absolute Gasteiger partial charge is 0.478 e. The zero-order valence-corrected chi connectivity index (χ0v) is 9.03. The molecule has 1 N–H and O–H groups in total. The molecular formula is C13H12N2O. The fourth-order valence-corrected chi connectivity index (χ4v) is 1.62. The van der Waals surface area contributed by atoms with Crippen molar-refractivity contribution in [3.05, 3.63) is 42.1 Å². The summed E-state index contributed by atoms with van der Waals surface area (Å²) in [6.45, 7) is 2.44. The van der Waals surface area contributed by atoms with Gasteiger partial charge in [-0.2, -0.15) is 5.26 Å². The van der Waals surface area contributed by atoms with E-state index in [0.717, 1.165) is 11.1 Å². The first kappa shape index (κ1) is 10.3. The van der Waals surface area contributed by atoms with Crippen LogP contribution in [0, 0.1) is 11.3 Å². The van der Waals surface area contributed by atoms with Crippen LogP contribution in [0.25, 0.3) is 11.1 Å². The smallest absolute Gasteiger partial charge is 0.209 e. The Balaban J connectivity index is 2.47. The van der Waals surface area contributed by atoms with E-state index in [1.165, 1.54) is 0 Å². The number of H-pyrrole nitrogens is 1. The molecule has 16 heavy (non-hydrogen) atoms. The van der Waals surface area contributed by atoms with Crippen LogP contribution in [0.3, 0.4) is 0 Å². The van der Waals surface area contributed by atoms with Gasteiger partial charge in [0.1, 0.15) is 11.6 Å². The van der Waals surface area contributed by atoms with E-state index in [9.17, 15) is 0 Å². The molecule has 1 heterocycles. The minimum Gasteiger partial charge on any atom is -0.478 e. The second kappa shape index (κ2) is 4.54. The molecule has 3 heteroatoms. The van der Waals surface area contributed by atoms with Crippen LogP contribution >= 0.6 is 0 Å². The maximum absolute atomic E-state index is 9.13. The van der Waals surface area contributed by atoms with Gasteiger partial charge >= 0.3 is 0 Å². The molecule has 0 saturated heterocycles. The van der Waals surface area contributed by atoms with Crippen LogP contribution in [-0.4, -0.2) is 11.6 Å². The second-order valence-corrected chi connectivity index (χ2v) is 3.32. The molecule has 1 aromatic heterocycles. The highest BCUT2D eigenvalue weighted by Gasteiger charge is 2.12. The Morgan fingerprint density at radius 1 is 1.31 bits per heavy atom. The van der Waals surface area contributed by atoms with Crippen molar-refractivity contribution in [3.8, 4) is 23.1 Å². The number of aromatic nitrogens is 1. The lowest BCUT2D eigenvalue weighted by Crippen LogP contribution is -1.93. The van der Waals surface area contributed by atoms with Gasteiger partial charge in [-0.25, -0.2) is 0 Å². The summed E-state index contributed by atoms with van der Waals surface area (Å²) in [7, 11) is 0. The van der Waals surface area contributed by atoms with E-state index in [1.807, 2.05) is 37.3 Å². The number of ether oxygens (including phenoxy) is 1. The zero-order valence-electron chi connectivity index (χ0n) is 9.03. The molecule has 0 atom stereocenters. The zero-order chi connectivity index (χ0) is 11.4. The molecule has 3 nitrogen and oxygen atoms in total. The standard InChI is InChI=1S/C13H12N2O/c1-2-16-13-11(8-14)12(9-15-13)10-6-4-3-5-7-10/h3-7,9,15H,2H2,1H3. The molecule has 0 aliphatic carbocycles. The Bertz CT molecular complexity index is 508. The maximum Gasteiger partial charge on any atom is 0.209 e. The van der Waals surface area contributed by atoms with Gasteiger partial charge in [0, 0.05) is 11.8 Å². The lowest BCUT2D eigenvalue weighted by Gasteiger charge is -2.00. The van der Waals surface area contributed by atoms with E-state index in [0.29, 0.717) is 18.1 Å². The van der Waals surface area contributed by atoms with E-state index in [2.05, 4.69) is 11.1 Å². The number of hydrogen-bond acceptors (Lipinski definition) is 2. The molecule has 0 aliphatic rings. The topological polar surface area (TPSA) is 48.8 Å². The predicted molar refractivity (Wildman–Crippen MR) is 62.1 cm³/mol. The summed E-state index contributed by atoms with van der Waals surface area (Å²) in [5, 5.41) is 9.13. The van der Waals surface area contributed by atoms with Gasteiger partial charge < -0.3 is 9.72 Å². The molecule has 0 unspecified atom stereocenters. The molecule has 1 aromatic carbocycles. The molecule has 80 valence electrons. The number of hydrogen-bond donors (Lipinski definition) is 1. The number of nitrogens with one attached hydrogen (secondary N) is 1. The van der Waals surface area contributed by atoms with Crippen molar-refractivity contribution in [2.24, 2.45) is 0 Å². The molecule has 2 rings (SSSR count). The van der Waals surface area contributed by atoms with Crippen molar-refractivity contribution in [1.82, 2.24) is 4.98 Å². The maximum atomic E-state index is 9.13. The molecule has 0 radical (unpaired) electrons. The fourth-order valence-electron chi connectivity index (χ4n) is 1.62. The molecule has 0 saturated carbocycles. The van der Waals surface area contributed by atoms with Crippen molar-refractivity contribution < 1.29 is 4.74 Å². The minimum absolute atomic E-state index is 0.545. The van der Waals surface area contributed by atoms with Crippen molar-refractivity contribution in [3.63, 3.8) is 0 Å². The number of nitriles is 1. The molecular weight excluding hydrogens is 200 g/mol. The van der Waals surface area contributed by atoms with E-state index >= 15 is 0 Å². The first-order valence-corrected chi connectivity index (χ1v) is 5.16. The number of aromatic amines is 1. The Morgan fingerprint density at radius 2 is 2.06 bits per heavy atom. The number of benzene rings is 1. The van der Waals surface area contributed by atoms with Crippen LogP contribution in [0.5, 0.6) is 5.88 Å². The van der Waals surface area contributed by atoms with Crippen LogP contribution in [0.1, 0.15) is 12.5 Å². The molecule has 0 fully saturated rings. The molecule has 2 aromatic rings. The van der Waals surface area contributed by atoms with Gasteiger partial charge in [-0.3, -0.25) is 0 Å². The summed E-state index contributed by atoms with van der Waals surface area (Å²) in [5.74, 6) is 0.545. The van der Waals surface area contributed by atoms with Gasteiger partial charge in [-0.1, -0.05) is 30.3 Å². The third kappa shape index (κ3) is 1.78. The third-order valence-corrected chi connectivity index (χ3v) is 2.33. The van der Waals surface area contributed by atoms with Crippen LogP contribution < -0.4 is 4.74 Å². The number of nitrogens with zero attached hydrogens (tertiary/aromatic N) is 1. The summed E-state index contributed by atoms with van der Waals surface area (Å²) in [6, 6.07) is 12.0. The first-order valence-electron chi connectivity index (χ1n) is 5.16. The Morgan fingerprint density at radius 3 is 2.69 bits per heavy atom. The Hall–Kier alpha value is -2.21. The lowest BCUT2D eigenvalue weighted by molar-refractivity contribution is 0.328. The highest BCUT2D eigenvalue weighted by atomic mass is 16.5. The van der Waals surface area contributed by atoms with E-state index in [1.54, 1.807) is 6.20 Å². The SMILES string of the molecule is CCOc1[nH]cc(-c2ccccc2)c1C#N. The quantitative estimate of drug-likeness (QED) is 0.850. The van der Waals surface area contributed by atoms with E-state index in [-0.39, 0.29) is 0 Å². The molecule has 0 bridgehead atoms. The summed E-state index contributed by atoms with van der Waals surface area (Å²) in [5.41, 5.74) is 2.46. The van der Waals surface area contributed by atoms with Crippen LogP contribution in [0.4, 0.5) is 0 Å². The fraction of sp³-hybridized carbons (Fsp3) is 0.154. The van der Waals surface area contributed by atoms with Gasteiger partial charge in [0.15, 0.2) is 0 Å². The summed E-state index contributed by atoms with van der Waals surface area (Å²) < 4.78 is 5.35. The van der Waals surface area contributed by atoms with Gasteiger partial charge in [-0.15, -0.1) is 0 Å². The second-order valence-electron chi connectivity index (χ2n) is 3.32. The first-order chi connectivity index (χ1) is 7.86. The average Bonchev–Trinajstić information content (AvgIpc) is 2.73. The highest BCUT2D eigenvalue weighted by Crippen LogP contribution is 2.29. The Kier molecular flexibility index (Phi) is 2.93. The van der Waals surface area contributed by atoms with Gasteiger partial charge in [0.2, 0.25) is 5.88 Å². The van der Waals surface area contributed by atoms with Gasteiger partial charge in [0.05, 0.1) is 6.61 Å². The summed E-state index contributed by atoms with van der Waals surface area (Å²) in [6.07, 6.45) is 1.80. The van der Waals surface area contributed by atoms with E-state index < -0.39 is 0 Å². The van der Waals surface area contributed by atoms with E-state index in [4.69, 9.17) is 10.00 Å². The van der Waals surface area contributed by atoms with Gasteiger partial charge in [0.25, 0.3) is 0 Å². The van der Waals surface area contributed by atoms with Crippen molar-refractivity contribution in [2.75, 3.05) is 6.61 Å².